The van der Waals surface area contributed by atoms with E-state index in [4.69, 9.17) is 5.11 Å². The van der Waals surface area contributed by atoms with Crippen LogP contribution >= 0.6 is 0 Å². The van der Waals surface area contributed by atoms with E-state index in [9.17, 15) is 0 Å². The number of hydrogen-bond donors (Lipinski definition) is 1. The molecule has 0 aromatic heterocycles. The molecule has 1 aromatic carbocycles. The summed E-state index contributed by atoms with van der Waals surface area (Å²) in [6, 6.07) is 9.16. The van der Waals surface area contributed by atoms with Crippen LogP contribution in [0.1, 0.15) is 43.2 Å². The zero-order chi connectivity index (χ0) is 13.8. The maximum atomic E-state index is 8.88. The van der Waals surface area contributed by atoms with E-state index in [0.29, 0.717) is 0 Å². The van der Waals surface area contributed by atoms with Gasteiger partial charge >= 0.3 is 0 Å². The number of rotatable bonds is 2. The second-order valence-corrected chi connectivity index (χ2v) is 5.99. The Morgan fingerprint density at radius 1 is 1.15 bits per heavy atom. The van der Waals surface area contributed by atoms with Gasteiger partial charge in [-0.25, -0.2) is 0 Å². The number of aliphatic hydroxyl groups is 1. The Labute approximate surface area is 121 Å². The first-order chi connectivity index (χ1) is 9.88. The molecular formula is C18H23NO. The molecule has 2 heteroatoms. The molecule has 1 saturated heterocycles. The molecule has 2 fully saturated rings. The van der Waals surface area contributed by atoms with Crippen LogP contribution in [0.25, 0.3) is 0 Å². The van der Waals surface area contributed by atoms with E-state index >= 15 is 0 Å². The summed E-state index contributed by atoms with van der Waals surface area (Å²) in [5, 5.41) is 8.88. The van der Waals surface area contributed by atoms with Crippen molar-refractivity contribution in [3.8, 4) is 11.8 Å². The van der Waals surface area contributed by atoms with Crippen molar-refractivity contribution in [1.82, 2.24) is 4.90 Å². The van der Waals surface area contributed by atoms with Gasteiger partial charge < -0.3 is 5.11 Å². The lowest BCUT2D eigenvalue weighted by Crippen LogP contribution is -2.42. The molecule has 20 heavy (non-hydrogen) atoms. The highest BCUT2D eigenvalue weighted by Gasteiger charge is 2.34. The van der Waals surface area contributed by atoms with Crippen LogP contribution in [0.5, 0.6) is 0 Å². The summed E-state index contributed by atoms with van der Waals surface area (Å²) in [5.74, 6) is 6.79. The second-order valence-electron chi connectivity index (χ2n) is 5.99. The van der Waals surface area contributed by atoms with E-state index < -0.39 is 0 Å². The van der Waals surface area contributed by atoms with Gasteiger partial charge in [-0.15, -0.1) is 0 Å². The molecule has 1 saturated carbocycles. The number of benzene rings is 1. The third-order valence-corrected chi connectivity index (χ3v) is 4.80. The predicted octanol–water partition coefficient (Wildman–Crippen LogP) is 2.79. The number of aliphatic hydroxyl groups excluding tert-OH is 1. The Morgan fingerprint density at radius 3 is 2.90 bits per heavy atom. The van der Waals surface area contributed by atoms with Crippen LogP contribution in [0.3, 0.4) is 0 Å². The Kier molecular flexibility index (Phi) is 4.40. The minimum Gasteiger partial charge on any atom is -0.384 e. The molecular weight excluding hydrogens is 246 g/mol. The predicted molar refractivity (Wildman–Crippen MR) is 81.2 cm³/mol. The van der Waals surface area contributed by atoms with Gasteiger partial charge in [0.25, 0.3) is 0 Å². The quantitative estimate of drug-likeness (QED) is 0.835. The van der Waals surface area contributed by atoms with Crippen molar-refractivity contribution in [2.45, 2.75) is 44.7 Å². The SMILES string of the molecule is OCC#Cc1ccccc1CN1CCCC2CCCC21. The van der Waals surface area contributed by atoms with Crippen LogP contribution in [-0.2, 0) is 6.54 Å². The fourth-order valence-corrected chi connectivity index (χ4v) is 3.89. The van der Waals surface area contributed by atoms with E-state index in [1.165, 1.54) is 44.2 Å². The summed E-state index contributed by atoms with van der Waals surface area (Å²) in [7, 11) is 0. The Morgan fingerprint density at radius 2 is 2.00 bits per heavy atom. The van der Waals surface area contributed by atoms with Gasteiger partial charge in [0.2, 0.25) is 0 Å². The van der Waals surface area contributed by atoms with Gasteiger partial charge in [0.1, 0.15) is 6.61 Å². The van der Waals surface area contributed by atoms with Gasteiger partial charge in [-0.2, -0.15) is 0 Å². The number of hydrogen-bond acceptors (Lipinski definition) is 2. The van der Waals surface area contributed by atoms with Crippen LogP contribution < -0.4 is 0 Å². The van der Waals surface area contributed by atoms with Crippen molar-refractivity contribution in [3.63, 3.8) is 0 Å². The minimum atomic E-state index is -0.0667. The summed E-state index contributed by atoms with van der Waals surface area (Å²) in [4.78, 5) is 2.67. The first-order valence-electron chi connectivity index (χ1n) is 7.80. The lowest BCUT2D eigenvalue weighted by atomic mass is 9.91. The summed E-state index contributed by atoms with van der Waals surface area (Å²) in [6.07, 6.45) is 6.96. The largest absolute Gasteiger partial charge is 0.384 e. The number of piperidine rings is 1. The van der Waals surface area contributed by atoms with Crippen LogP contribution in [0.15, 0.2) is 24.3 Å². The molecule has 1 aliphatic carbocycles. The van der Waals surface area contributed by atoms with Crippen molar-refractivity contribution in [1.29, 1.82) is 0 Å². The number of likely N-dealkylation sites (tertiary alicyclic amines) is 1. The molecule has 1 aliphatic heterocycles. The topological polar surface area (TPSA) is 23.5 Å². The van der Waals surface area contributed by atoms with Gasteiger partial charge in [-0.3, -0.25) is 4.90 Å². The normalized spacial score (nSPS) is 25.9. The van der Waals surface area contributed by atoms with Crippen molar-refractivity contribution >= 4 is 0 Å². The molecule has 106 valence electrons. The summed E-state index contributed by atoms with van der Waals surface area (Å²) < 4.78 is 0. The van der Waals surface area contributed by atoms with Crippen LogP contribution in [-0.4, -0.2) is 29.2 Å². The van der Waals surface area contributed by atoms with Crippen molar-refractivity contribution < 1.29 is 5.11 Å². The second kappa shape index (κ2) is 6.43. The maximum Gasteiger partial charge on any atom is 0.104 e. The molecule has 3 rings (SSSR count). The van der Waals surface area contributed by atoms with Crippen LogP contribution in [0.4, 0.5) is 0 Å². The molecule has 2 atom stereocenters. The summed E-state index contributed by atoms with van der Waals surface area (Å²) in [6.45, 7) is 2.17. The van der Waals surface area contributed by atoms with E-state index in [1.807, 2.05) is 6.07 Å². The van der Waals surface area contributed by atoms with E-state index in [-0.39, 0.29) is 6.61 Å². The molecule has 1 aromatic rings. The van der Waals surface area contributed by atoms with Crippen LogP contribution in [0.2, 0.25) is 0 Å². The molecule has 0 spiro atoms. The summed E-state index contributed by atoms with van der Waals surface area (Å²) in [5.41, 5.74) is 2.38. The zero-order valence-electron chi connectivity index (χ0n) is 12.0. The van der Waals surface area contributed by atoms with E-state index in [1.54, 1.807) is 0 Å². The highest BCUT2D eigenvalue weighted by Crippen LogP contribution is 2.37. The molecule has 0 radical (unpaired) electrons. The molecule has 1 N–H and O–H groups in total. The Hall–Kier alpha value is -1.30. The van der Waals surface area contributed by atoms with Crippen molar-refractivity contribution in [2.75, 3.05) is 13.2 Å². The van der Waals surface area contributed by atoms with Gasteiger partial charge in [-0.05, 0) is 49.8 Å². The van der Waals surface area contributed by atoms with Crippen molar-refractivity contribution in [3.05, 3.63) is 35.4 Å². The molecule has 1 heterocycles. The third kappa shape index (κ3) is 2.90. The maximum absolute atomic E-state index is 8.88. The number of fused-ring (bicyclic) bond motifs is 1. The average molecular weight is 269 g/mol. The Balaban J connectivity index is 1.77. The molecule has 0 amide bonds. The fourth-order valence-electron chi connectivity index (χ4n) is 3.89. The van der Waals surface area contributed by atoms with Crippen LogP contribution in [0, 0.1) is 17.8 Å². The lowest BCUT2D eigenvalue weighted by molar-refractivity contribution is 0.106. The monoisotopic (exact) mass is 269 g/mol. The zero-order valence-corrected chi connectivity index (χ0v) is 12.0. The third-order valence-electron chi connectivity index (χ3n) is 4.80. The van der Waals surface area contributed by atoms with Gasteiger partial charge in [0.05, 0.1) is 0 Å². The van der Waals surface area contributed by atoms with Gasteiger partial charge in [0, 0.05) is 18.2 Å². The van der Waals surface area contributed by atoms with E-state index in [2.05, 4.69) is 34.9 Å². The first-order valence-corrected chi connectivity index (χ1v) is 7.80. The van der Waals surface area contributed by atoms with Gasteiger partial charge in [-0.1, -0.05) is 36.5 Å². The Bertz CT molecular complexity index is 514. The van der Waals surface area contributed by atoms with Gasteiger partial charge in [0.15, 0.2) is 0 Å². The standard InChI is InChI=1S/C18H23NO/c20-13-5-10-15-6-1-2-7-17(15)14-19-12-4-9-16-8-3-11-18(16)19/h1-2,6-7,16,18,20H,3-4,8-9,11-14H2. The first kappa shape index (κ1) is 13.7. The summed E-state index contributed by atoms with van der Waals surface area (Å²) >= 11 is 0. The minimum absolute atomic E-state index is 0.0667. The highest BCUT2D eigenvalue weighted by molar-refractivity contribution is 5.41. The van der Waals surface area contributed by atoms with E-state index in [0.717, 1.165) is 24.1 Å². The number of nitrogens with zero attached hydrogens (tertiary/aromatic N) is 1. The molecule has 2 aliphatic rings. The average Bonchev–Trinajstić information content (AvgIpc) is 2.96. The molecule has 2 unspecified atom stereocenters. The lowest BCUT2D eigenvalue weighted by Gasteiger charge is -2.38. The fraction of sp³-hybridized carbons (Fsp3) is 0.556. The van der Waals surface area contributed by atoms with Crippen molar-refractivity contribution in [2.24, 2.45) is 5.92 Å². The smallest absolute Gasteiger partial charge is 0.104 e. The highest BCUT2D eigenvalue weighted by atomic mass is 16.2. The molecule has 2 nitrogen and oxygen atoms in total. The molecule has 0 bridgehead atoms.